The third-order valence-electron chi connectivity index (χ3n) is 7.32. The number of aryl methyl sites for hydroxylation is 1. The zero-order valence-corrected chi connectivity index (χ0v) is 24.1. The van der Waals surface area contributed by atoms with Crippen molar-refractivity contribution in [2.45, 2.75) is 30.1 Å². The highest BCUT2D eigenvalue weighted by Crippen LogP contribution is 2.44. The highest BCUT2D eigenvalue weighted by molar-refractivity contribution is 7.87. The molecular formula is C33H31NO7S. The summed E-state index contributed by atoms with van der Waals surface area (Å²) in [5.74, 6) is -1.00. The van der Waals surface area contributed by atoms with Gasteiger partial charge in [0, 0.05) is 18.4 Å². The summed E-state index contributed by atoms with van der Waals surface area (Å²) in [4.78, 5) is 25.0. The van der Waals surface area contributed by atoms with Crippen LogP contribution in [0.2, 0.25) is 0 Å². The molecule has 0 heterocycles. The van der Waals surface area contributed by atoms with Crippen LogP contribution in [0.1, 0.15) is 40.5 Å². The van der Waals surface area contributed by atoms with Crippen LogP contribution in [0.15, 0.2) is 102 Å². The topological polar surface area (TPSA) is 108 Å². The second kappa shape index (κ2) is 12.5. The molecule has 1 N–H and O–H groups in total. The smallest absolute Gasteiger partial charge is 0.407 e. The fourth-order valence-corrected chi connectivity index (χ4v) is 6.07. The van der Waals surface area contributed by atoms with Gasteiger partial charge >= 0.3 is 22.2 Å². The monoisotopic (exact) mass is 585 g/mol. The van der Waals surface area contributed by atoms with Gasteiger partial charge in [-0.15, -0.1) is 0 Å². The van der Waals surface area contributed by atoms with Gasteiger partial charge in [-0.25, -0.2) is 4.79 Å². The summed E-state index contributed by atoms with van der Waals surface area (Å²) < 4.78 is 41.5. The average Bonchev–Trinajstić information content (AvgIpc) is 3.31. The molecule has 216 valence electrons. The minimum absolute atomic E-state index is 0.0292. The van der Waals surface area contributed by atoms with E-state index in [1.54, 1.807) is 30.3 Å². The summed E-state index contributed by atoms with van der Waals surface area (Å²) in [6, 6.07) is 28.9. The average molecular weight is 586 g/mol. The number of carbonyl (C=O) groups excluding carboxylic acids is 2. The molecule has 1 amide bonds. The Bertz CT molecular complexity index is 1650. The van der Waals surface area contributed by atoms with Crippen molar-refractivity contribution in [2.75, 3.05) is 20.3 Å². The van der Waals surface area contributed by atoms with Crippen LogP contribution < -0.4 is 9.50 Å². The first-order chi connectivity index (χ1) is 20.2. The number of alkyl carbamates (subject to hydrolysis) is 1. The maximum Gasteiger partial charge on any atom is 0.407 e. The van der Waals surface area contributed by atoms with Crippen molar-refractivity contribution in [1.82, 2.24) is 5.32 Å². The van der Waals surface area contributed by atoms with E-state index in [1.807, 2.05) is 43.3 Å². The Morgan fingerprint density at radius 1 is 0.857 bits per heavy atom. The van der Waals surface area contributed by atoms with Gasteiger partial charge in [-0.05, 0) is 59.0 Å². The zero-order valence-electron chi connectivity index (χ0n) is 23.3. The predicted octanol–water partition coefficient (Wildman–Crippen LogP) is 5.95. The minimum Gasteiger partial charge on any atom is -0.469 e. The second-order valence-electron chi connectivity index (χ2n) is 10.1. The van der Waals surface area contributed by atoms with Crippen LogP contribution in [0.5, 0.6) is 5.75 Å². The van der Waals surface area contributed by atoms with Crippen molar-refractivity contribution in [2.24, 2.45) is 0 Å². The lowest BCUT2D eigenvalue weighted by Gasteiger charge is -2.19. The third kappa shape index (κ3) is 6.47. The predicted molar refractivity (Wildman–Crippen MR) is 158 cm³/mol. The molecule has 1 aliphatic carbocycles. The number of rotatable bonds is 10. The number of esters is 1. The van der Waals surface area contributed by atoms with E-state index in [-0.39, 0.29) is 36.1 Å². The molecular weight excluding hydrogens is 554 g/mol. The van der Waals surface area contributed by atoms with Crippen LogP contribution in [0.3, 0.4) is 0 Å². The van der Waals surface area contributed by atoms with Crippen LogP contribution >= 0.6 is 0 Å². The molecule has 9 heteroatoms. The van der Waals surface area contributed by atoms with Gasteiger partial charge in [-0.1, -0.05) is 78.4 Å². The lowest BCUT2D eigenvalue weighted by molar-refractivity contribution is -0.141. The number of ether oxygens (including phenoxy) is 2. The van der Waals surface area contributed by atoms with Gasteiger partial charge in [-0.2, -0.15) is 8.42 Å². The number of carbonyl (C=O) groups is 2. The summed E-state index contributed by atoms with van der Waals surface area (Å²) in [7, 11) is -2.78. The molecule has 0 radical (unpaired) electrons. The summed E-state index contributed by atoms with van der Waals surface area (Å²) >= 11 is 0. The first-order valence-electron chi connectivity index (χ1n) is 13.5. The number of hydrogen-bond acceptors (Lipinski definition) is 7. The van der Waals surface area contributed by atoms with Crippen LogP contribution in [-0.2, 0) is 24.4 Å². The fourth-order valence-electron chi connectivity index (χ4n) is 5.15. The summed E-state index contributed by atoms with van der Waals surface area (Å²) in [6.45, 7) is 2.07. The van der Waals surface area contributed by atoms with E-state index in [4.69, 9.17) is 13.7 Å². The van der Waals surface area contributed by atoms with Crippen LogP contribution in [0.4, 0.5) is 4.79 Å². The van der Waals surface area contributed by atoms with Crippen molar-refractivity contribution < 1.29 is 31.7 Å². The largest absolute Gasteiger partial charge is 0.469 e. The fraction of sp³-hybridized carbons (Fsp3) is 0.212. The maximum atomic E-state index is 12.8. The van der Waals surface area contributed by atoms with Crippen molar-refractivity contribution in [3.63, 3.8) is 0 Å². The van der Waals surface area contributed by atoms with E-state index in [1.165, 1.54) is 25.3 Å². The van der Waals surface area contributed by atoms with Gasteiger partial charge in [0.1, 0.15) is 17.3 Å². The Hall–Kier alpha value is -4.63. The molecule has 0 bridgehead atoms. The van der Waals surface area contributed by atoms with E-state index in [9.17, 15) is 18.0 Å². The standard InChI is InChI=1S/C33H31NO7S/c1-22-14-16-26(17-15-22)42(37,38)41-25-9-7-8-23(18-25)24(19-32(35)39-2)20-34-33(36)40-21-31-29-12-5-3-10-27(29)28-11-4-6-13-30(28)31/h3-18,24,31H,19-21H2,1-2H3,(H,34,36). The molecule has 42 heavy (non-hydrogen) atoms. The highest BCUT2D eigenvalue weighted by Gasteiger charge is 2.29. The van der Waals surface area contributed by atoms with E-state index < -0.39 is 28.1 Å². The van der Waals surface area contributed by atoms with Crippen molar-refractivity contribution in [1.29, 1.82) is 0 Å². The molecule has 1 unspecified atom stereocenters. The molecule has 5 rings (SSSR count). The Labute approximate surface area is 245 Å². The lowest BCUT2D eigenvalue weighted by atomic mass is 9.95. The van der Waals surface area contributed by atoms with Crippen molar-refractivity contribution in [3.8, 4) is 16.9 Å². The quantitative estimate of drug-likeness (QED) is 0.181. The van der Waals surface area contributed by atoms with E-state index in [2.05, 4.69) is 17.4 Å². The molecule has 0 aliphatic heterocycles. The van der Waals surface area contributed by atoms with Gasteiger partial charge in [-0.3, -0.25) is 4.79 Å². The van der Waals surface area contributed by atoms with Gasteiger partial charge in [0.2, 0.25) is 0 Å². The third-order valence-corrected chi connectivity index (χ3v) is 8.58. The van der Waals surface area contributed by atoms with Gasteiger partial charge < -0.3 is 19.0 Å². The molecule has 4 aromatic rings. The Morgan fingerprint density at radius 2 is 1.50 bits per heavy atom. The number of fused-ring (bicyclic) bond motifs is 3. The number of benzene rings is 4. The molecule has 0 saturated heterocycles. The van der Waals surface area contributed by atoms with Gasteiger partial charge in [0.15, 0.2) is 0 Å². The molecule has 4 aromatic carbocycles. The summed E-state index contributed by atoms with van der Waals surface area (Å²) in [5.41, 5.74) is 5.99. The van der Waals surface area contributed by atoms with Crippen molar-refractivity contribution >= 4 is 22.2 Å². The molecule has 8 nitrogen and oxygen atoms in total. The van der Waals surface area contributed by atoms with E-state index >= 15 is 0 Å². The van der Waals surface area contributed by atoms with Crippen LogP contribution in [0, 0.1) is 6.92 Å². The molecule has 0 fully saturated rings. The Morgan fingerprint density at radius 3 is 2.14 bits per heavy atom. The number of hydrogen-bond donors (Lipinski definition) is 1. The first-order valence-corrected chi connectivity index (χ1v) is 14.9. The number of methoxy groups -OCH3 is 1. The second-order valence-corrected chi connectivity index (χ2v) is 11.7. The Balaban J connectivity index is 1.26. The first kappa shape index (κ1) is 28.9. The summed E-state index contributed by atoms with van der Waals surface area (Å²) in [6.07, 6.45) is -0.671. The van der Waals surface area contributed by atoms with Gasteiger partial charge in [0.25, 0.3) is 0 Å². The van der Waals surface area contributed by atoms with Crippen molar-refractivity contribution in [3.05, 3.63) is 119 Å². The highest BCUT2D eigenvalue weighted by atomic mass is 32.2. The lowest BCUT2D eigenvalue weighted by Crippen LogP contribution is -2.31. The van der Waals surface area contributed by atoms with Gasteiger partial charge in [0.05, 0.1) is 13.5 Å². The molecule has 0 aromatic heterocycles. The minimum atomic E-state index is -4.07. The van der Waals surface area contributed by atoms with Crippen LogP contribution in [0.25, 0.3) is 11.1 Å². The normalized spacial score (nSPS) is 13.0. The van der Waals surface area contributed by atoms with Crippen LogP contribution in [-0.4, -0.2) is 40.7 Å². The zero-order chi connectivity index (χ0) is 29.7. The van der Waals surface area contributed by atoms with E-state index in [0.29, 0.717) is 5.56 Å². The molecule has 1 aliphatic rings. The molecule has 0 saturated carbocycles. The molecule has 1 atom stereocenters. The number of nitrogens with one attached hydrogen (secondary N) is 1. The van der Waals surface area contributed by atoms with E-state index in [0.717, 1.165) is 27.8 Å². The molecule has 0 spiro atoms. The summed E-state index contributed by atoms with van der Waals surface area (Å²) in [5, 5.41) is 2.75. The maximum absolute atomic E-state index is 12.8. The SMILES string of the molecule is COC(=O)CC(CNC(=O)OCC1c2ccccc2-c2ccccc21)c1cccc(OS(=O)(=O)c2ccc(C)cc2)c1. The Kier molecular flexibility index (Phi) is 8.59. The number of amides is 1.